The van der Waals surface area contributed by atoms with Gasteiger partial charge in [0.2, 0.25) is 11.8 Å². The molecule has 3 rings (SSSR count). The molecule has 0 aliphatic heterocycles. The number of rotatable bonds is 12. The molecule has 4 nitrogen and oxygen atoms in total. The summed E-state index contributed by atoms with van der Waals surface area (Å²) in [5.41, 5.74) is 2.43. The third-order valence-corrected chi connectivity index (χ3v) is 8.11. The molecular weight excluding hydrogens is 582 g/mol. The van der Waals surface area contributed by atoms with E-state index in [0.29, 0.717) is 44.4 Å². The second-order valence-electron chi connectivity index (χ2n) is 9.29. The predicted octanol–water partition coefficient (Wildman–Crippen LogP) is 7.95. The summed E-state index contributed by atoms with van der Waals surface area (Å²) in [7, 11) is 0. The Balaban J connectivity index is 1.89. The first-order chi connectivity index (χ1) is 18.2. The maximum absolute atomic E-state index is 13.8. The van der Waals surface area contributed by atoms with Crippen LogP contribution in [0.3, 0.4) is 0 Å². The van der Waals surface area contributed by atoms with Crippen LogP contribution in [0.1, 0.15) is 30.5 Å². The predicted molar refractivity (Wildman–Crippen MR) is 161 cm³/mol. The molecule has 3 aromatic carbocycles. The smallest absolute Gasteiger partial charge is 0.243 e. The molecule has 0 saturated carbocycles. The molecule has 2 amide bonds. The number of halogens is 4. The zero-order chi connectivity index (χ0) is 27.7. The number of carbonyl (C=O) groups is 2. The summed E-state index contributed by atoms with van der Waals surface area (Å²) in [6, 6.07) is 19.4. The third kappa shape index (κ3) is 9.10. The van der Waals surface area contributed by atoms with Gasteiger partial charge in [-0.1, -0.05) is 103 Å². The summed E-state index contributed by atoms with van der Waals surface area (Å²) in [6.45, 7) is 4.66. The fourth-order valence-corrected chi connectivity index (χ4v) is 5.79. The average Bonchev–Trinajstić information content (AvgIpc) is 2.88. The van der Waals surface area contributed by atoms with Crippen LogP contribution in [0.5, 0.6) is 0 Å². The maximum atomic E-state index is 13.8. The van der Waals surface area contributed by atoms with Gasteiger partial charge in [-0.05, 0) is 41.3 Å². The molecule has 202 valence electrons. The fourth-order valence-electron chi connectivity index (χ4n) is 3.80. The Morgan fingerprint density at radius 3 is 2.21 bits per heavy atom. The molecule has 0 bridgehead atoms. The van der Waals surface area contributed by atoms with Gasteiger partial charge in [0.15, 0.2) is 0 Å². The summed E-state index contributed by atoms with van der Waals surface area (Å²) in [5, 5.41) is 5.00. The maximum Gasteiger partial charge on any atom is 0.243 e. The molecule has 3 aromatic rings. The van der Waals surface area contributed by atoms with Crippen LogP contribution in [0.4, 0.5) is 0 Å². The van der Waals surface area contributed by atoms with Crippen molar-refractivity contribution in [1.82, 2.24) is 10.2 Å². The molecule has 0 aliphatic carbocycles. The number of nitrogens with zero attached hydrogens (tertiary/aromatic N) is 1. The van der Waals surface area contributed by atoms with E-state index in [4.69, 9.17) is 46.4 Å². The highest BCUT2D eigenvalue weighted by molar-refractivity contribution is 7.99. The Hall–Kier alpha value is -1.89. The molecule has 0 heterocycles. The normalized spacial score (nSPS) is 11.9. The number of amides is 2. The Morgan fingerprint density at radius 2 is 1.58 bits per heavy atom. The van der Waals surface area contributed by atoms with Gasteiger partial charge in [-0.15, -0.1) is 11.8 Å². The SMILES string of the molecule is CC(C)CNC(=O)C(Cc1ccccc1)N(Cc1c(Cl)cccc1Cl)C(=O)CSCc1ccc(Cl)cc1Cl. The lowest BCUT2D eigenvalue weighted by Crippen LogP contribution is -2.51. The van der Waals surface area contributed by atoms with Crippen molar-refractivity contribution in [2.45, 2.75) is 38.6 Å². The van der Waals surface area contributed by atoms with Gasteiger partial charge < -0.3 is 10.2 Å². The number of hydrogen-bond acceptors (Lipinski definition) is 3. The second kappa shape index (κ2) is 15.0. The van der Waals surface area contributed by atoms with Crippen molar-refractivity contribution < 1.29 is 9.59 Å². The highest BCUT2D eigenvalue weighted by Gasteiger charge is 2.31. The van der Waals surface area contributed by atoms with Crippen molar-refractivity contribution in [3.05, 3.63) is 104 Å². The Bertz CT molecular complexity index is 1220. The molecule has 38 heavy (non-hydrogen) atoms. The Kier molecular flexibility index (Phi) is 12.1. The molecule has 0 aromatic heterocycles. The van der Waals surface area contributed by atoms with Gasteiger partial charge in [0, 0.05) is 50.9 Å². The van der Waals surface area contributed by atoms with Crippen LogP contribution in [0.25, 0.3) is 0 Å². The lowest BCUT2D eigenvalue weighted by Gasteiger charge is -2.32. The average molecular weight is 612 g/mol. The van der Waals surface area contributed by atoms with E-state index in [9.17, 15) is 9.59 Å². The largest absolute Gasteiger partial charge is 0.354 e. The number of hydrogen-bond donors (Lipinski definition) is 1. The molecule has 0 spiro atoms. The second-order valence-corrected chi connectivity index (χ2v) is 11.9. The summed E-state index contributed by atoms with van der Waals surface area (Å²) >= 11 is 26.7. The van der Waals surface area contributed by atoms with Crippen molar-refractivity contribution in [3.63, 3.8) is 0 Å². The lowest BCUT2D eigenvalue weighted by atomic mass is 10.0. The minimum atomic E-state index is -0.754. The fraction of sp³-hybridized carbons (Fsp3) is 0.310. The van der Waals surface area contributed by atoms with Crippen LogP contribution >= 0.6 is 58.2 Å². The first-order valence-corrected chi connectivity index (χ1v) is 14.9. The van der Waals surface area contributed by atoms with Crippen LogP contribution < -0.4 is 5.32 Å². The molecule has 1 unspecified atom stereocenters. The monoisotopic (exact) mass is 610 g/mol. The molecule has 9 heteroatoms. The highest BCUT2D eigenvalue weighted by atomic mass is 35.5. The van der Waals surface area contributed by atoms with Gasteiger partial charge in [0.1, 0.15) is 6.04 Å². The lowest BCUT2D eigenvalue weighted by molar-refractivity contribution is -0.139. The van der Waals surface area contributed by atoms with Crippen LogP contribution in [0.15, 0.2) is 66.7 Å². The molecule has 0 fully saturated rings. The van der Waals surface area contributed by atoms with Crippen LogP contribution in [0, 0.1) is 5.92 Å². The van der Waals surface area contributed by atoms with Gasteiger partial charge in [-0.3, -0.25) is 9.59 Å². The first kappa shape index (κ1) is 30.6. The van der Waals surface area contributed by atoms with Crippen LogP contribution in [0.2, 0.25) is 20.1 Å². The molecule has 0 radical (unpaired) electrons. The van der Waals surface area contributed by atoms with Crippen LogP contribution in [-0.2, 0) is 28.3 Å². The van der Waals surface area contributed by atoms with E-state index in [0.717, 1.165) is 11.1 Å². The highest BCUT2D eigenvalue weighted by Crippen LogP contribution is 2.29. The molecular formula is C29H30Cl4N2O2S. The van der Waals surface area contributed by atoms with Crippen molar-refractivity contribution in [2.75, 3.05) is 12.3 Å². The van der Waals surface area contributed by atoms with E-state index in [2.05, 4.69) is 5.32 Å². The standard InChI is InChI=1S/C29H30Cl4N2O2S/c1-19(2)15-34-29(37)27(13-20-7-4-3-5-8-20)35(16-23-24(31)9-6-10-25(23)32)28(36)18-38-17-21-11-12-22(30)14-26(21)33/h3-12,14,19,27H,13,15-18H2,1-2H3,(H,34,37). The summed E-state index contributed by atoms with van der Waals surface area (Å²) in [4.78, 5) is 28.9. The minimum Gasteiger partial charge on any atom is -0.354 e. The van der Waals surface area contributed by atoms with E-state index < -0.39 is 6.04 Å². The molecule has 1 atom stereocenters. The minimum absolute atomic E-state index is 0.103. The molecule has 0 saturated heterocycles. The van der Waals surface area contributed by atoms with Gasteiger partial charge in [0.05, 0.1) is 5.75 Å². The van der Waals surface area contributed by atoms with Crippen molar-refractivity contribution in [1.29, 1.82) is 0 Å². The van der Waals surface area contributed by atoms with Gasteiger partial charge >= 0.3 is 0 Å². The summed E-state index contributed by atoms with van der Waals surface area (Å²) in [6.07, 6.45) is 0.353. The summed E-state index contributed by atoms with van der Waals surface area (Å²) < 4.78 is 0. The zero-order valence-electron chi connectivity index (χ0n) is 21.2. The van der Waals surface area contributed by atoms with Crippen molar-refractivity contribution >= 4 is 70.0 Å². The van der Waals surface area contributed by atoms with Gasteiger partial charge in [-0.25, -0.2) is 0 Å². The first-order valence-electron chi connectivity index (χ1n) is 12.2. The number of benzene rings is 3. The zero-order valence-corrected chi connectivity index (χ0v) is 25.1. The Morgan fingerprint density at radius 1 is 0.895 bits per heavy atom. The topological polar surface area (TPSA) is 49.4 Å². The summed E-state index contributed by atoms with van der Waals surface area (Å²) in [5.74, 6) is 0.509. The third-order valence-electron chi connectivity index (χ3n) is 5.84. The van der Waals surface area contributed by atoms with E-state index in [1.54, 1.807) is 35.2 Å². The van der Waals surface area contributed by atoms with Gasteiger partial charge in [-0.2, -0.15) is 0 Å². The molecule has 1 N–H and O–H groups in total. The number of carbonyl (C=O) groups excluding carboxylic acids is 2. The van der Waals surface area contributed by atoms with E-state index in [1.807, 2.05) is 50.2 Å². The van der Waals surface area contributed by atoms with E-state index in [1.165, 1.54) is 11.8 Å². The number of thioether (sulfide) groups is 1. The molecule has 0 aliphatic rings. The Labute approximate surface area is 249 Å². The van der Waals surface area contributed by atoms with Crippen LogP contribution in [-0.4, -0.2) is 35.1 Å². The van der Waals surface area contributed by atoms with Crippen molar-refractivity contribution in [2.24, 2.45) is 5.92 Å². The van der Waals surface area contributed by atoms with E-state index in [-0.39, 0.29) is 30.0 Å². The number of nitrogens with one attached hydrogen (secondary N) is 1. The van der Waals surface area contributed by atoms with Crippen molar-refractivity contribution in [3.8, 4) is 0 Å². The quantitative estimate of drug-likeness (QED) is 0.226. The van der Waals surface area contributed by atoms with E-state index >= 15 is 0 Å². The van der Waals surface area contributed by atoms with Gasteiger partial charge in [0.25, 0.3) is 0 Å².